The number of β-amino-alcohol motifs (C(OH)–C–C–N with tert-alkyl or cyclic N) is 1. The van der Waals surface area contributed by atoms with Crippen LogP contribution in [0, 0.1) is 0 Å². The van der Waals surface area contributed by atoms with Crippen molar-refractivity contribution in [2.24, 2.45) is 0 Å². The third-order valence-electron chi connectivity index (χ3n) is 2.39. The summed E-state index contributed by atoms with van der Waals surface area (Å²) in [4.78, 5) is 0.977. The van der Waals surface area contributed by atoms with Gasteiger partial charge in [0.05, 0.1) is 4.34 Å². The highest BCUT2D eigenvalue weighted by Gasteiger charge is 2.32. The van der Waals surface area contributed by atoms with Crippen LogP contribution < -0.4 is 5.32 Å². The van der Waals surface area contributed by atoms with Gasteiger partial charge in [-0.15, -0.1) is 11.3 Å². The third-order valence-corrected chi connectivity index (χ3v) is 3.82. The van der Waals surface area contributed by atoms with E-state index in [9.17, 15) is 5.11 Å². The molecule has 1 aromatic heterocycles. The zero-order chi connectivity index (χ0) is 9.31. The van der Waals surface area contributed by atoms with E-state index in [-0.39, 0.29) is 0 Å². The average Bonchev–Trinajstić information content (AvgIpc) is 2.54. The van der Waals surface area contributed by atoms with Crippen LogP contribution in [0.4, 0.5) is 0 Å². The van der Waals surface area contributed by atoms with Crippen LogP contribution in [-0.4, -0.2) is 18.2 Å². The zero-order valence-corrected chi connectivity index (χ0v) is 8.79. The van der Waals surface area contributed by atoms with Crippen LogP contribution in [0.5, 0.6) is 0 Å². The van der Waals surface area contributed by atoms with Gasteiger partial charge in [0, 0.05) is 11.4 Å². The van der Waals surface area contributed by atoms with E-state index >= 15 is 0 Å². The van der Waals surface area contributed by atoms with E-state index < -0.39 is 5.60 Å². The molecule has 0 aromatic carbocycles. The van der Waals surface area contributed by atoms with Crippen molar-refractivity contribution in [2.45, 2.75) is 18.4 Å². The van der Waals surface area contributed by atoms with E-state index in [0.29, 0.717) is 6.54 Å². The van der Waals surface area contributed by atoms with Crippen LogP contribution in [0.3, 0.4) is 0 Å². The first kappa shape index (κ1) is 9.46. The predicted octanol–water partition coefficient (Wildman–Crippen LogP) is 1.97. The number of nitrogens with one attached hydrogen (secondary N) is 1. The summed E-state index contributed by atoms with van der Waals surface area (Å²) in [5, 5.41) is 13.4. The Kier molecular flexibility index (Phi) is 2.60. The molecular formula is C9H12ClNOS. The summed E-state index contributed by atoms with van der Waals surface area (Å²) in [6.45, 7) is 1.64. The smallest absolute Gasteiger partial charge is 0.111 e. The molecule has 2 nitrogen and oxygen atoms in total. The lowest BCUT2D eigenvalue weighted by atomic mass is 9.93. The van der Waals surface area contributed by atoms with Crippen molar-refractivity contribution in [2.75, 3.05) is 13.1 Å². The molecule has 2 rings (SSSR count). The monoisotopic (exact) mass is 217 g/mol. The Hall–Kier alpha value is -0.0900. The molecular weight excluding hydrogens is 206 g/mol. The Bertz CT molecular complexity index is 294. The van der Waals surface area contributed by atoms with Gasteiger partial charge in [-0.2, -0.15) is 0 Å². The largest absolute Gasteiger partial charge is 0.383 e. The number of piperidine rings is 1. The molecule has 2 heterocycles. The molecule has 72 valence electrons. The van der Waals surface area contributed by atoms with Gasteiger partial charge in [0.2, 0.25) is 0 Å². The molecule has 1 saturated heterocycles. The van der Waals surface area contributed by atoms with Crippen molar-refractivity contribution in [3.8, 4) is 0 Å². The van der Waals surface area contributed by atoms with Crippen molar-refractivity contribution in [3.63, 3.8) is 0 Å². The number of hydrogen-bond acceptors (Lipinski definition) is 3. The van der Waals surface area contributed by atoms with Crippen LogP contribution in [0.1, 0.15) is 17.7 Å². The maximum Gasteiger partial charge on any atom is 0.111 e. The molecule has 4 heteroatoms. The van der Waals surface area contributed by atoms with Gasteiger partial charge >= 0.3 is 0 Å². The van der Waals surface area contributed by atoms with Crippen LogP contribution in [0.25, 0.3) is 0 Å². The average molecular weight is 218 g/mol. The van der Waals surface area contributed by atoms with E-state index in [1.807, 2.05) is 12.1 Å². The maximum atomic E-state index is 10.2. The first-order valence-electron chi connectivity index (χ1n) is 4.40. The fraction of sp³-hybridized carbons (Fsp3) is 0.556. The minimum Gasteiger partial charge on any atom is -0.383 e. The Balaban J connectivity index is 2.22. The Morgan fingerprint density at radius 3 is 2.92 bits per heavy atom. The Morgan fingerprint density at radius 2 is 2.38 bits per heavy atom. The summed E-state index contributed by atoms with van der Waals surface area (Å²) in [5.74, 6) is 0. The molecule has 0 amide bonds. The minimum atomic E-state index is -0.684. The van der Waals surface area contributed by atoms with Crippen molar-refractivity contribution < 1.29 is 5.11 Å². The molecule has 1 fully saturated rings. The first-order chi connectivity index (χ1) is 6.21. The van der Waals surface area contributed by atoms with Crippen molar-refractivity contribution >= 4 is 22.9 Å². The summed E-state index contributed by atoms with van der Waals surface area (Å²) in [6, 6.07) is 3.76. The third kappa shape index (κ3) is 1.89. The number of hydrogen-bond donors (Lipinski definition) is 2. The molecule has 0 spiro atoms. The summed E-state index contributed by atoms with van der Waals surface area (Å²) in [7, 11) is 0. The van der Waals surface area contributed by atoms with Gasteiger partial charge in [-0.05, 0) is 31.5 Å². The number of aliphatic hydroxyl groups is 1. The molecule has 0 bridgehead atoms. The number of thiophene rings is 1. The lowest BCUT2D eigenvalue weighted by Crippen LogP contribution is -2.42. The lowest BCUT2D eigenvalue weighted by molar-refractivity contribution is 0.0158. The quantitative estimate of drug-likeness (QED) is 0.754. The fourth-order valence-corrected chi connectivity index (χ4v) is 2.82. The summed E-state index contributed by atoms with van der Waals surface area (Å²) in [5.41, 5.74) is -0.684. The number of rotatable bonds is 1. The summed E-state index contributed by atoms with van der Waals surface area (Å²) >= 11 is 7.30. The van der Waals surface area contributed by atoms with Crippen LogP contribution >= 0.6 is 22.9 Å². The van der Waals surface area contributed by atoms with Gasteiger partial charge in [0.15, 0.2) is 0 Å². The predicted molar refractivity (Wildman–Crippen MR) is 55.3 cm³/mol. The summed E-state index contributed by atoms with van der Waals surface area (Å²) < 4.78 is 0.744. The molecule has 1 atom stereocenters. The molecule has 0 radical (unpaired) electrons. The van der Waals surface area contributed by atoms with Crippen molar-refractivity contribution in [3.05, 3.63) is 21.3 Å². The van der Waals surface area contributed by atoms with Gasteiger partial charge in [0.1, 0.15) is 5.60 Å². The van der Waals surface area contributed by atoms with E-state index in [0.717, 1.165) is 28.6 Å². The Morgan fingerprint density at radius 1 is 1.54 bits per heavy atom. The van der Waals surface area contributed by atoms with Gasteiger partial charge in [0.25, 0.3) is 0 Å². The maximum absolute atomic E-state index is 10.2. The van der Waals surface area contributed by atoms with Crippen LogP contribution in [-0.2, 0) is 5.60 Å². The molecule has 0 aliphatic carbocycles. The zero-order valence-electron chi connectivity index (χ0n) is 7.22. The molecule has 1 aliphatic heterocycles. The summed E-state index contributed by atoms with van der Waals surface area (Å²) in [6.07, 6.45) is 1.85. The lowest BCUT2D eigenvalue weighted by Gasteiger charge is -2.31. The fourth-order valence-electron chi connectivity index (χ4n) is 1.66. The number of halogens is 1. The van der Waals surface area contributed by atoms with Crippen molar-refractivity contribution in [1.29, 1.82) is 0 Å². The molecule has 1 unspecified atom stereocenters. The van der Waals surface area contributed by atoms with Gasteiger partial charge in [-0.1, -0.05) is 11.6 Å². The van der Waals surface area contributed by atoms with Gasteiger partial charge in [-0.3, -0.25) is 0 Å². The van der Waals surface area contributed by atoms with Crippen LogP contribution in [0.15, 0.2) is 12.1 Å². The molecule has 2 N–H and O–H groups in total. The highest BCUT2D eigenvalue weighted by Crippen LogP contribution is 2.34. The highest BCUT2D eigenvalue weighted by molar-refractivity contribution is 7.16. The van der Waals surface area contributed by atoms with E-state index in [1.165, 1.54) is 11.3 Å². The molecule has 1 aromatic rings. The van der Waals surface area contributed by atoms with Crippen LogP contribution in [0.2, 0.25) is 4.34 Å². The van der Waals surface area contributed by atoms with E-state index in [2.05, 4.69) is 5.32 Å². The second-order valence-corrected chi connectivity index (χ2v) is 5.13. The molecule has 13 heavy (non-hydrogen) atoms. The normalized spacial score (nSPS) is 29.1. The second kappa shape index (κ2) is 3.58. The topological polar surface area (TPSA) is 32.3 Å². The second-order valence-electron chi connectivity index (χ2n) is 3.42. The minimum absolute atomic E-state index is 0.643. The van der Waals surface area contributed by atoms with Gasteiger partial charge in [-0.25, -0.2) is 0 Å². The van der Waals surface area contributed by atoms with E-state index in [1.54, 1.807) is 0 Å². The van der Waals surface area contributed by atoms with E-state index in [4.69, 9.17) is 11.6 Å². The van der Waals surface area contributed by atoms with Crippen molar-refractivity contribution in [1.82, 2.24) is 5.32 Å². The first-order valence-corrected chi connectivity index (χ1v) is 5.59. The molecule has 1 aliphatic rings. The highest BCUT2D eigenvalue weighted by atomic mass is 35.5. The SMILES string of the molecule is OC1(c2ccc(Cl)s2)CCCNC1. The van der Waals surface area contributed by atoms with Gasteiger partial charge < -0.3 is 10.4 Å². The molecule has 0 saturated carbocycles. The Labute approximate surface area is 86.5 Å². The standard InChI is InChI=1S/C9H12ClNOS/c10-8-3-2-7(13-8)9(12)4-1-5-11-6-9/h2-3,11-12H,1,4-6H2.